The number of benzene rings is 4. The van der Waals surface area contributed by atoms with Crippen LogP contribution < -0.4 is 19.6 Å². The van der Waals surface area contributed by atoms with Crippen molar-refractivity contribution < 1.29 is 19.0 Å². The zero-order valence-electron chi connectivity index (χ0n) is 21.0. The fraction of sp³-hybridized carbons (Fsp3) is 0.133. The molecule has 0 radical (unpaired) electrons. The number of hydrazone groups is 1. The van der Waals surface area contributed by atoms with Crippen molar-refractivity contribution >= 4 is 55.6 Å². The van der Waals surface area contributed by atoms with E-state index in [1.807, 2.05) is 73.7 Å². The number of rotatable bonds is 11. The number of carbonyl (C=O) groups excluding carboxylic acids is 1. The Labute approximate surface area is 249 Å². The summed E-state index contributed by atoms with van der Waals surface area (Å²) in [5.41, 5.74) is 5.49. The van der Waals surface area contributed by atoms with E-state index >= 15 is 0 Å². The maximum atomic E-state index is 12.9. The molecule has 1 N–H and O–H groups in total. The quantitative estimate of drug-likeness (QED) is 0.129. The third-order valence-electron chi connectivity index (χ3n) is 5.48. The number of hydrogen-bond donors (Lipinski definition) is 1. The van der Waals surface area contributed by atoms with Crippen LogP contribution in [0, 0.1) is 0 Å². The molecule has 0 saturated heterocycles. The maximum absolute atomic E-state index is 12.9. The number of carbonyl (C=O) groups is 1. The molecule has 0 saturated carbocycles. The summed E-state index contributed by atoms with van der Waals surface area (Å²) in [5.74, 6) is 1.21. The van der Waals surface area contributed by atoms with E-state index in [0.29, 0.717) is 46.6 Å². The Morgan fingerprint density at radius 3 is 2.44 bits per heavy atom. The number of ether oxygens (including phenoxy) is 3. The molecule has 4 rings (SSSR count). The summed E-state index contributed by atoms with van der Waals surface area (Å²) >= 11 is 13.3. The van der Waals surface area contributed by atoms with E-state index in [0.717, 1.165) is 20.1 Å². The molecule has 4 aromatic rings. The number of hydrogen-bond acceptors (Lipinski definition) is 5. The lowest BCUT2D eigenvalue weighted by atomic mass is 10.2. The Hall–Kier alpha value is -3.33. The number of nitrogens with zero attached hydrogens (tertiary/aromatic N) is 1. The van der Waals surface area contributed by atoms with Crippen molar-refractivity contribution in [3.8, 4) is 17.2 Å². The summed E-state index contributed by atoms with van der Waals surface area (Å²) in [4.78, 5) is 12.9. The highest BCUT2D eigenvalue weighted by Crippen LogP contribution is 2.33. The molecule has 1 amide bonds. The van der Waals surface area contributed by atoms with Gasteiger partial charge in [-0.15, -0.1) is 0 Å². The monoisotopic (exact) mass is 670 g/mol. The molecule has 9 heteroatoms. The van der Waals surface area contributed by atoms with Gasteiger partial charge >= 0.3 is 0 Å². The van der Waals surface area contributed by atoms with Gasteiger partial charge in [-0.2, -0.15) is 5.10 Å². The summed E-state index contributed by atoms with van der Waals surface area (Å²) < 4.78 is 19.3. The van der Waals surface area contributed by atoms with Crippen molar-refractivity contribution in [1.82, 2.24) is 5.43 Å². The van der Waals surface area contributed by atoms with Crippen LogP contribution in [0.1, 0.15) is 34.0 Å². The molecule has 0 bridgehead atoms. The van der Waals surface area contributed by atoms with Gasteiger partial charge in [0.25, 0.3) is 5.91 Å². The summed E-state index contributed by atoms with van der Waals surface area (Å²) in [6.07, 6.45) is 1.52. The fourth-order valence-electron chi connectivity index (χ4n) is 3.59. The van der Waals surface area contributed by atoms with Gasteiger partial charge < -0.3 is 14.2 Å². The first-order chi connectivity index (χ1) is 18.9. The second-order valence-electron chi connectivity index (χ2n) is 8.25. The first kappa shape index (κ1) is 28.7. The third kappa shape index (κ3) is 8.08. The van der Waals surface area contributed by atoms with Crippen LogP contribution >= 0.6 is 43.5 Å². The van der Waals surface area contributed by atoms with Crippen LogP contribution in [-0.2, 0) is 13.2 Å². The van der Waals surface area contributed by atoms with Crippen LogP contribution in [0.2, 0.25) is 5.02 Å². The lowest BCUT2D eigenvalue weighted by Crippen LogP contribution is -2.18. The molecule has 0 aliphatic rings. The molecular weight excluding hydrogens is 648 g/mol. The Kier molecular flexibility index (Phi) is 10.4. The minimum Gasteiger partial charge on any atom is -0.490 e. The molecule has 0 heterocycles. The zero-order valence-corrected chi connectivity index (χ0v) is 24.9. The smallest absolute Gasteiger partial charge is 0.271 e. The summed E-state index contributed by atoms with van der Waals surface area (Å²) in [6.45, 7) is 2.96. The maximum Gasteiger partial charge on any atom is 0.271 e. The van der Waals surface area contributed by atoms with Crippen molar-refractivity contribution in [2.75, 3.05) is 6.61 Å². The number of halogens is 3. The standard InChI is InChI=1S/C30H25Br2ClN2O4/c1-2-37-28-15-21(12-13-27(28)38-18-20-8-4-3-5-9-20)30(36)35-34-17-23-14-24(31)16-25(32)29(23)39-19-22-10-6-7-11-26(22)33/h3-17H,2,18-19H2,1H3,(H,35,36)/b34-17+. The minimum atomic E-state index is -0.394. The molecule has 0 unspecified atom stereocenters. The molecule has 6 nitrogen and oxygen atoms in total. The van der Waals surface area contributed by atoms with Gasteiger partial charge in [-0.05, 0) is 64.8 Å². The summed E-state index contributed by atoms with van der Waals surface area (Å²) in [7, 11) is 0. The van der Waals surface area contributed by atoms with E-state index in [9.17, 15) is 4.79 Å². The van der Waals surface area contributed by atoms with Crippen LogP contribution in [0.5, 0.6) is 17.2 Å². The van der Waals surface area contributed by atoms with E-state index in [-0.39, 0.29) is 6.61 Å². The predicted octanol–water partition coefficient (Wildman–Crippen LogP) is 8.19. The Bertz CT molecular complexity index is 1470. The van der Waals surface area contributed by atoms with Crippen molar-refractivity contribution in [3.05, 3.63) is 121 Å². The van der Waals surface area contributed by atoms with E-state index in [1.54, 1.807) is 18.2 Å². The summed E-state index contributed by atoms with van der Waals surface area (Å²) in [5, 5.41) is 4.78. The van der Waals surface area contributed by atoms with Crippen LogP contribution in [0.15, 0.2) is 99.0 Å². The van der Waals surface area contributed by atoms with Crippen LogP contribution in [0.3, 0.4) is 0 Å². The Morgan fingerprint density at radius 1 is 0.897 bits per heavy atom. The normalized spacial score (nSPS) is 10.9. The topological polar surface area (TPSA) is 69.2 Å². The summed E-state index contributed by atoms with van der Waals surface area (Å²) in [6, 6.07) is 26.1. The van der Waals surface area contributed by atoms with Gasteiger partial charge in [-0.1, -0.05) is 76.1 Å². The molecule has 0 aliphatic heterocycles. The second kappa shape index (κ2) is 14.2. The minimum absolute atomic E-state index is 0.270. The second-order valence-corrected chi connectivity index (χ2v) is 10.4. The fourth-order valence-corrected chi connectivity index (χ4v) is 5.15. The van der Waals surface area contributed by atoms with Crippen molar-refractivity contribution in [2.45, 2.75) is 20.1 Å². The molecule has 0 aromatic heterocycles. The van der Waals surface area contributed by atoms with Crippen molar-refractivity contribution in [1.29, 1.82) is 0 Å². The highest BCUT2D eigenvalue weighted by Gasteiger charge is 2.13. The molecular formula is C30H25Br2ClN2O4. The van der Waals surface area contributed by atoms with Gasteiger partial charge in [0.1, 0.15) is 19.0 Å². The molecule has 4 aromatic carbocycles. The number of amides is 1. The van der Waals surface area contributed by atoms with Gasteiger partial charge in [0.2, 0.25) is 0 Å². The van der Waals surface area contributed by atoms with Crippen molar-refractivity contribution in [3.63, 3.8) is 0 Å². The zero-order chi connectivity index (χ0) is 27.6. The molecule has 0 fully saturated rings. The Balaban J connectivity index is 1.45. The van der Waals surface area contributed by atoms with E-state index in [1.165, 1.54) is 6.21 Å². The predicted molar refractivity (Wildman–Crippen MR) is 161 cm³/mol. The SMILES string of the molecule is CCOc1cc(C(=O)N/N=C/c2cc(Br)cc(Br)c2OCc2ccccc2Cl)ccc1OCc1ccccc1. The molecule has 0 aliphatic carbocycles. The molecule has 200 valence electrons. The van der Waals surface area contributed by atoms with Crippen LogP contribution in [0.25, 0.3) is 0 Å². The molecule has 39 heavy (non-hydrogen) atoms. The lowest BCUT2D eigenvalue weighted by molar-refractivity contribution is 0.0954. The van der Waals surface area contributed by atoms with E-state index in [4.69, 9.17) is 25.8 Å². The van der Waals surface area contributed by atoms with Crippen molar-refractivity contribution in [2.24, 2.45) is 5.10 Å². The average Bonchev–Trinajstić information content (AvgIpc) is 2.93. The molecule has 0 spiro atoms. The third-order valence-corrected chi connectivity index (χ3v) is 6.90. The van der Waals surface area contributed by atoms with Crippen LogP contribution in [0.4, 0.5) is 0 Å². The first-order valence-corrected chi connectivity index (χ1v) is 14.0. The van der Waals surface area contributed by atoms with E-state index in [2.05, 4.69) is 42.4 Å². The van der Waals surface area contributed by atoms with Crippen LogP contribution in [-0.4, -0.2) is 18.7 Å². The lowest BCUT2D eigenvalue weighted by Gasteiger charge is -2.13. The first-order valence-electron chi connectivity index (χ1n) is 12.1. The van der Waals surface area contributed by atoms with Gasteiger partial charge in [-0.25, -0.2) is 5.43 Å². The van der Waals surface area contributed by atoms with E-state index < -0.39 is 5.91 Å². The van der Waals surface area contributed by atoms with Gasteiger partial charge in [0, 0.05) is 26.2 Å². The highest BCUT2D eigenvalue weighted by atomic mass is 79.9. The molecule has 0 atom stereocenters. The Morgan fingerprint density at radius 2 is 1.67 bits per heavy atom. The largest absolute Gasteiger partial charge is 0.490 e. The average molecular weight is 673 g/mol. The van der Waals surface area contributed by atoms with Gasteiger partial charge in [0.15, 0.2) is 11.5 Å². The van der Waals surface area contributed by atoms with Gasteiger partial charge in [0.05, 0.1) is 17.3 Å². The highest BCUT2D eigenvalue weighted by molar-refractivity contribution is 9.11. The number of nitrogens with one attached hydrogen (secondary N) is 1. The van der Waals surface area contributed by atoms with Gasteiger partial charge in [-0.3, -0.25) is 4.79 Å².